The molecule has 0 bridgehead atoms. The summed E-state index contributed by atoms with van der Waals surface area (Å²) in [6, 6.07) is 6.39. The number of aryl methyl sites for hydroxylation is 1. The molecule has 1 heterocycles. The lowest BCUT2D eigenvalue weighted by molar-refractivity contribution is 0.00992. The van der Waals surface area contributed by atoms with Crippen molar-refractivity contribution in [3.05, 3.63) is 29.3 Å². The number of hydrogen-bond acceptors (Lipinski definition) is 4. The molecule has 0 atom stereocenters. The Morgan fingerprint density at radius 3 is 2.67 bits per heavy atom. The number of nitrogens with zero attached hydrogens (tertiary/aromatic N) is 2. The van der Waals surface area contributed by atoms with Gasteiger partial charge in [-0.2, -0.15) is 0 Å². The zero-order valence-electron chi connectivity index (χ0n) is 17.3. The van der Waals surface area contributed by atoms with Crippen LogP contribution in [0, 0.1) is 6.92 Å². The van der Waals surface area contributed by atoms with Gasteiger partial charge in [-0.15, -0.1) is 0 Å². The van der Waals surface area contributed by atoms with Crippen molar-refractivity contribution in [2.24, 2.45) is 4.99 Å². The molecular weight excluding hydrogens is 342 g/mol. The lowest BCUT2D eigenvalue weighted by atomic mass is 10.1. The van der Waals surface area contributed by atoms with E-state index in [2.05, 4.69) is 40.3 Å². The Hall–Kier alpha value is -1.79. The first-order valence-electron chi connectivity index (χ1n) is 9.87. The summed E-state index contributed by atoms with van der Waals surface area (Å²) in [6.07, 6.45) is 4.35. The van der Waals surface area contributed by atoms with Crippen LogP contribution in [-0.2, 0) is 15.9 Å². The van der Waals surface area contributed by atoms with Crippen molar-refractivity contribution >= 4 is 5.96 Å². The van der Waals surface area contributed by atoms with Crippen LogP contribution in [0.25, 0.3) is 0 Å². The summed E-state index contributed by atoms with van der Waals surface area (Å²) in [7, 11) is 5.30. The highest BCUT2D eigenvalue weighted by Crippen LogP contribution is 2.19. The van der Waals surface area contributed by atoms with Gasteiger partial charge in [-0.1, -0.05) is 12.1 Å². The molecule has 0 aliphatic carbocycles. The van der Waals surface area contributed by atoms with Crippen molar-refractivity contribution in [3.8, 4) is 5.75 Å². The summed E-state index contributed by atoms with van der Waals surface area (Å²) in [6.45, 7) is 6.42. The van der Waals surface area contributed by atoms with Gasteiger partial charge in [0.05, 0.1) is 13.2 Å². The van der Waals surface area contributed by atoms with Crippen LogP contribution in [0.15, 0.2) is 23.2 Å². The molecular formula is C21H35N3O3. The number of nitrogens with one attached hydrogen (secondary N) is 1. The number of rotatable bonds is 9. The SMILES string of the molecule is CN=C(NCCc1ccc(C)c(OC)c1)N1CCC(OCCCOC)CC1. The Labute approximate surface area is 163 Å². The highest BCUT2D eigenvalue weighted by Gasteiger charge is 2.21. The summed E-state index contributed by atoms with van der Waals surface area (Å²) < 4.78 is 16.4. The largest absolute Gasteiger partial charge is 0.496 e. The molecule has 1 saturated heterocycles. The van der Waals surface area contributed by atoms with Crippen LogP contribution in [0.1, 0.15) is 30.4 Å². The second-order valence-corrected chi connectivity index (χ2v) is 6.93. The fourth-order valence-electron chi connectivity index (χ4n) is 3.36. The van der Waals surface area contributed by atoms with Crippen LogP contribution in [0.5, 0.6) is 5.75 Å². The van der Waals surface area contributed by atoms with Crippen LogP contribution in [-0.4, -0.2) is 71.1 Å². The average molecular weight is 378 g/mol. The molecule has 1 aromatic rings. The van der Waals surface area contributed by atoms with E-state index in [9.17, 15) is 0 Å². The van der Waals surface area contributed by atoms with Crippen LogP contribution < -0.4 is 10.1 Å². The van der Waals surface area contributed by atoms with E-state index in [1.807, 2.05) is 7.05 Å². The first kappa shape index (κ1) is 21.5. The van der Waals surface area contributed by atoms with Crippen LogP contribution >= 0.6 is 0 Å². The van der Waals surface area contributed by atoms with E-state index in [1.54, 1.807) is 14.2 Å². The summed E-state index contributed by atoms with van der Waals surface area (Å²) in [5, 5.41) is 3.49. The van der Waals surface area contributed by atoms with Gasteiger partial charge in [-0.05, 0) is 49.8 Å². The molecule has 0 unspecified atom stereocenters. The lowest BCUT2D eigenvalue weighted by Gasteiger charge is -2.34. The standard InChI is InChI=1S/C21H35N3O3/c1-17-6-7-18(16-20(17)26-4)8-11-23-21(22-2)24-12-9-19(10-13-24)27-15-5-14-25-3/h6-7,16,19H,5,8-15H2,1-4H3,(H,22,23). The Morgan fingerprint density at radius 1 is 1.22 bits per heavy atom. The molecule has 0 aromatic heterocycles. The van der Waals surface area contributed by atoms with Crippen LogP contribution in [0.2, 0.25) is 0 Å². The zero-order chi connectivity index (χ0) is 19.5. The Kier molecular flexibility index (Phi) is 9.42. The average Bonchev–Trinajstić information content (AvgIpc) is 2.70. The molecule has 1 aromatic carbocycles. The molecule has 152 valence electrons. The topological polar surface area (TPSA) is 55.3 Å². The van der Waals surface area contributed by atoms with E-state index >= 15 is 0 Å². The number of piperidine rings is 1. The third-order valence-corrected chi connectivity index (χ3v) is 4.97. The minimum Gasteiger partial charge on any atom is -0.496 e. The van der Waals surface area contributed by atoms with Gasteiger partial charge in [0.1, 0.15) is 5.75 Å². The van der Waals surface area contributed by atoms with Gasteiger partial charge in [0.2, 0.25) is 0 Å². The van der Waals surface area contributed by atoms with Crippen LogP contribution in [0.3, 0.4) is 0 Å². The summed E-state index contributed by atoms with van der Waals surface area (Å²) in [5.74, 6) is 1.93. The van der Waals surface area contributed by atoms with E-state index in [0.29, 0.717) is 6.10 Å². The van der Waals surface area contributed by atoms with Crippen molar-refractivity contribution in [2.75, 3.05) is 54.1 Å². The third kappa shape index (κ3) is 7.03. The van der Waals surface area contributed by atoms with Crippen molar-refractivity contribution < 1.29 is 14.2 Å². The van der Waals surface area contributed by atoms with E-state index in [4.69, 9.17) is 14.2 Å². The minimum absolute atomic E-state index is 0.358. The molecule has 6 nitrogen and oxygen atoms in total. The van der Waals surface area contributed by atoms with Gasteiger partial charge in [0, 0.05) is 47.0 Å². The van der Waals surface area contributed by atoms with E-state index < -0.39 is 0 Å². The molecule has 0 saturated carbocycles. The second kappa shape index (κ2) is 11.8. The van der Waals surface area contributed by atoms with Crippen molar-refractivity contribution in [2.45, 2.75) is 38.7 Å². The van der Waals surface area contributed by atoms with Crippen LogP contribution in [0.4, 0.5) is 0 Å². The van der Waals surface area contributed by atoms with Crippen molar-refractivity contribution in [3.63, 3.8) is 0 Å². The smallest absolute Gasteiger partial charge is 0.193 e. The van der Waals surface area contributed by atoms with E-state index in [0.717, 1.165) is 75.8 Å². The number of ether oxygens (including phenoxy) is 3. The molecule has 1 aliphatic heterocycles. The zero-order valence-corrected chi connectivity index (χ0v) is 17.3. The second-order valence-electron chi connectivity index (χ2n) is 6.93. The normalized spacial score (nSPS) is 15.9. The summed E-state index contributed by atoms with van der Waals surface area (Å²) in [5.41, 5.74) is 2.43. The Bertz CT molecular complexity index is 584. The molecule has 1 aliphatic rings. The predicted octanol–water partition coefficient (Wildman–Crippen LogP) is 2.64. The van der Waals surface area contributed by atoms with E-state index in [1.165, 1.54) is 5.56 Å². The molecule has 0 amide bonds. The number of guanidine groups is 1. The van der Waals surface area contributed by atoms with E-state index in [-0.39, 0.29) is 0 Å². The monoisotopic (exact) mass is 377 g/mol. The number of hydrogen-bond donors (Lipinski definition) is 1. The number of likely N-dealkylation sites (tertiary alicyclic amines) is 1. The fourth-order valence-corrected chi connectivity index (χ4v) is 3.36. The van der Waals surface area contributed by atoms with Crippen molar-refractivity contribution in [1.82, 2.24) is 10.2 Å². The minimum atomic E-state index is 0.358. The fraction of sp³-hybridized carbons (Fsp3) is 0.667. The number of aliphatic imine (C=N–C) groups is 1. The van der Waals surface area contributed by atoms with Gasteiger partial charge in [0.15, 0.2) is 5.96 Å². The predicted molar refractivity (Wildman–Crippen MR) is 110 cm³/mol. The molecule has 1 fully saturated rings. The maximum atomic E-state index is 5.94. The third-order valence-electron chi connectivity index (χ3n) is 4.97. The van der Waals surface area contributed by atoms with Gasteiger partial charge < -0.3 is 24.4 Å². The van der Waals surface area contributed by atoms with Crippen molar-refractivity contribution in [1.29, 1.82) is 0 Å². The number of benzene rings is 1. The van der Waals surface area contributed by atoms with Gasteiger partial charge in [0.25, 0.3) is 0 Å². The highest BCUT2D eigenvalue weighted by molar-refractivity contribution is 5.80. The number of methoxy groups -OCH3 is 2. The maximum absolute atomic E-state index is 5.94. The Morgan fingerprint density at radius 2 is 2.00 bits per heavy atom. The summed E-state index contributed by atoms with van der Waals surface area (Å²) in [4.78, 5) is 6.78. The molecule has 0 spiro atoms. The molecule has 1 N–H and O–H groups in total. The molecule has 2 rings (SSSR count). The van der Waals surface area contributed by atoms with Gasteiger partial charge in [-0.25, -0.2) is 0 Å². The summed E-state index contributed by atoms with van der Waals surface area (Å²) >= 11 is 0. The molecule has 6 heteroatoms. The molecule has 0 radical (unpaired) electrons. The first-order valence-corrected chi connectivity index (χ1v) is 9.87. The Balaban J connectivity index is 1.72. The quantitative estimate of drug-likeness (QED) is 0.407. The van der Waals surface area contributed by atoms with Gasteiger partial charge >= 0.3 is 0 Å². The lowest BCUT2D eigenvalue weighted by Crippen LogP contribution is -2.47. The van der Waals surface area contributed by atoms with Gasteiger partial charge in [-0.3, -0.25) is 4.99 Å². The molecule has 27 heavy (non-hydrogen) atoms. The highest BCUT2D eigenvalue weighted by atomic mass is 16.5. The first-order chi connectivity index (χ1) is 13.2. The maximum Gasteiger partial charge on any atom is 0.193 e.